The van der Waals surface area contributed by atoms with Crippen LogP contribution >= 0.6 is 21.6 Å². The van der Waals surface area contributed by atoms with E-state index in [1.165, 1.54) is 18.6 Å². The van der Waals surface area contributed by atoms with Gasteiger partial charge in [-0.05, 0) is 19.3 Å². The van der Waals surface area contributed by atoms with Gasteiger partial charge in [0.15, 0.2) is 0 Å². The first-order valence-electron chi connectivity index (χ1n) is 6.26. The van der Waals surface area contributed by atoms with Gasteiger partial charge in [-0.3, -0.25) is 13.7 Å². The zero-order valence-corrected chi connectivity index (χ0v) is 13.3. The highest BCUT2D eigenvalue weighted by atomic mass is 33.1. The fraction of sp³-hybridized carbons (Fsp3) is 0.800. The molecule has 0 spiro atoms. The molecule has 2 unspecified atom stereocenters. The first-order chi connectivity index (χ1) is 9.58. The lowest BCUT2D eigenvalue weighted by Gasteiger charge is -2.10. The molecule has 10 heteroatoms. The number of nitrogens with one attached hydrogen (secondary N) is 3. The Bertz CT molecular complexity index is 351. The maximum atomic E-state index is 11.3. The van der Waals surface area contributed by atoms with Crippen LogP contribution in [0.5, 0.6) is 0 Å². The molecule has 1 aliphatic rings. The van der Waals surface area contributed by atoms with Crippen LogP contribution < -0.4 is 15.4 Å². The summed E-state index contributed by atoms with van der Waals surface area (Å²) >= 11 is -2.64. The Labute approximate surface area is 128 Å². The lowest BCUT2D eigenvalue weighted by molar-refractivity contribution is -0.118. The van der Waals surface area contributed by atoms with E-state index in [9.17, 15) is 18.4 Å². The predicted octanol–water partition coefficient (Wildman–Crippen LogP) is 0.520. The van der Waals surface area contributed by atoms with Crippen LogP contribution in [0.1, 0.15) is 25.7 Å². The first-order valence-corrected chi connectivity index (χ1v) is 9.72. The largest absolute Gasteiger partial charge is 0.755 e. The minimum absolute atomic E-state index is 0.365. The molecule has 0 radical (unpaired) electrons. The topological polar surface area (TPSA) is 110 Å². The third-order valence-corrected chi connectivity index (χ3v) is 5.97. The van der Waals surface area contributed by atoms with E-state index in [1.54, 1.807) is 4.72 Å². The molecule has 0 aliphatic carbocycles. The highest BCUT2D eigenvalue weighted by molar-refractivity contribution is 8.77. The zero-order chi connectivity index (χ0) is 14.8. The van der Waals surface area contributed by atoms with Crippen molar-refractivity contribution in [3.05, 3.63) is 0 Å². The van der Waals surface area contributed by atoms with E-state index < -0.39 is 23.2 Å². The van der Waals surface area contributed by atoms with Crippen molar-refractivity contribution in [2.75, 3.05) is 18.8 Å². The summed E-state index contributed by atoms with van der Waals surface area (Å²) in [5, 5.41) is 5.64. The van der Waals surface area contributed by atoms with Gasteiger partial charge in [-0.1, -0.05) is 28.0 Å². The molecule has 116 valence electrons. The lowest BCUT2D eigenvalue weighted by Crippen LogP contribution is -2.42. The van der Waals surface area contributed by atoms with E-state index in [1.807, 2.05) is 21.6 Å². The van der Waals surface area contributed by atoms with E-state index in [0.717, 1.165) is 18.1 Å². The van der Waals surface area contributed by atoms with Crippen molar-refractivity contribution in [2.24, 2.45) is 0 Å². The zero-order valence-electron chi connectivity index (χ0n) is 10.9. The van der Waals surface area contributed by atoms with Crippen LogP contribution in [0.3, 0.4) is 0 Å². The van der Waals surface area contributed by atoms with Crippen LogP contribution in [0, 0.1) is 0 Å². The Morgan fingerprint density at radius 1 is 1.30 bits per heavy atom. The standard InChI is InChI=1S/C10H19N3O4S3/c14-9(13-20(16)17)7-12-10(15)11-5-2-1-3-8-4-6-18-19-8/h8H,1-7H2,(H,13,14)(H,16,17)(H2,11,12,15)/p-1. The molecule has 0 aromatic carbocycles. The summed E-state index contributed by atoms with van der Waals surface area (Å²) in [7, 11) is 3.86. The van der Waals surface area contributed by atoms with Crippen molar-refractivity contribution < 1.29 is 18.4 Å². The fourth-order valence-electron chi connectivity index (χ4n) is 1.62. The summed E-state index contributed by atoms with van der Waals surface area (Å²) in [5.41, 5.74) is 0. The quantitative estimate of drug-likeness (QED) is 0.337. The Kier molecular flexibility index (Phi) is 9.07. The monoisotopic (exact) mass is 340 g/mol. The fourth-order valence-corrected chi connectivity index (χ4v) is 4.90. The molecule has 1 fully saturated rings. The first kappa shape index (κ1) is 17.6. The molecule has 1 aliphatic heterocycles. The van der Waals surface area contributed by atoms with Crippen molar-refractivity contribution in [2.45, 2.75) is 30.9 Å². The van der Waals surface area contributed by atoms with E-state index >= 15 is 0 Å². The molecule has 3 amide bonds. The Morgan fingerprint density at radius 2 is 2.10 bits per heavy atom. The summed E-state index contributed by atoms with van der Waals surface area (Å²) in [6, 6.07) is -0.470. The van der Waals surface area contributed by atoms with E-state index in [4.69, 9.17) is 0 Å². The Balaban J connectivity index is 1.94. The minimum Gasteiger partial charge on any atom is -0.755 e. The van der Waals surface area contributed by atoms with Crippen molar-refractivity contribution in [1.29, 1.82) is 0 Å². The molecule has 2 atom stereocenters. The van der Waals surface area contributed by atoms with Gasteiger partial charge in [-0.2, -0.15) is 0 Å². The Hall–Kier alpha value is -0.450. The highest BCUT2D eigenvalue weighted by Crippen LogP contribution is 2.39. The summed E-state index contributed by atoms with van der Waals surface area (Å²) in [6.07, 6.45) is 4.39. The molecule has 0 aromatic heterocycles. The molecule has 1 rings (SSSR count). The van der Waals surface area contributed by atoms with E-state index in [2.05, 4.69) is 10.6 Å². The van der Waals surface area contributed by atoms with Crippen molar-refractivity contribution >= 4 is 44.8 Å². The number of urea groups is 1. The van der Waals surface area contributed by atoms with Crippen LogP contribution in [0.25, 0.3) is 0 Å². The number of unbranched alkanes of at least 4 members (excludes halogenated alkanes) is 1. The second-order valence-electron chi connectivity index (χ2n) is 4.19. The number of hydrogen-bond acceptors (Lipinski definition) is 6. The van der Waals surface area contributed by atoms with E-state index in [0.29, 0.717) is 6.54 Å². The summed E-state index contributed by atoms with van der Waals surface area (Å²) in [4.78, 5) is 22.2. The van der Waals surface area contributed by atoms with Gasteiger partial charge in [0, 0.05) is 28.8 Å². The van der Waals surface area contributed by atoms with Gasteiger partial charge in [0.05, 0.1) is 6.54 Å². The summed E-state index contributed by atoms with van der Waals surface area (Å²) in [5.74, 6) is 0.455. The van der Waals surface area contributed by atoms with Crippen LogP contribution in [-0.4, -0.2) is 44.8 Å². The number of carbonyl (C=O) groups is 2. The van der Waals surface area contributed by atoms with Crippen LogP contribution in [-0.2, 0) is 16.1 Å². The lowest BCUT2D eigenvalue weighted by atomic mass is 10.1. The molecule has 0 bridgehead atoms. The van der Waals surface area contributed by atoms with Gasteiger partial charge >= 0.3 is 6.03 Å². The van der Waals surface area contributed by atoms with Gasteiger partial charge < -0.3 is 15.2 Å². The molecular formula is C10H18N3O4S3-. The third-order valence-electron chi connectivity index (χ3n) is 2.57. The van der Waals surface area contributed by atoms with Gasteiger partial charge in [0.1, 0.15) is 0 Å². The third kappa shape index (κ3) is 8.67. The summed E-state index contributed by atoms with van der Waals surface area (Å²) < 4.78 is 21.9. The number of hydrogen-bond donors (Lipinski definition) is 3. The van der Waals surface area contributed by atoms with Crippen molar-refractivity contribution in [3.8, 4) is 0 Å². The maximum Gasteiger partial charge on any atom is 0.315 e. The average molecular weight is 340 g/mol. The number of carbonyl (C=O) groups excluding carboxylic acids is 2. The Morgan fingerprint density at radius 3 is 2.75 bits per heavy atom. The highest BCUT2D eigenvalue weighted by Gasteiger charge is 2.15. The SMILES string of the molecule is O=C(CNC(=O)NCCCCC1CCSS1)NS(=O)[O-]. The van der Waals surface area contributed by atoms with Crippen molar-refractivity contribution in [1.82, 2.24) is 15.4 Å². The molecule has 1 heterocycles. The van der Waals surface area contributed by atoms with Gasteiger partial charge in [-0.15, -0.1) is 0 Å². The second kappa shape index (κ2) is 10.3. The minimum atomic E-state index is -2.64. The molecular weight excluding hydrogens is 322 g/mol. The van der Waals surface area contributed by atoms with E-state index in [-0.39, 0.29) is 6.54 Å². The molecule has 0 aromatic rings. The predicted molar refractivity (Wildman–Crippen MR) is 80.8 cm³/mol. The average Bonchev–Trinajstić information content (AvgIpc) is 2.88. The van der Waals surface area contributed by atoms with Gasteiger partial charge in [0.25, 0.3) is 0 Å². The molecule has 0 saturated carbocycles. The van der Waals surface area contributed by atoms with Gasteiger partial charge in [0.2, 0.25) is 5.91 Å². The summed E-state index contributed by atoms with van der Waals surface area (Å²) in [6.45, 7) is 0.182. The smallest absolute Gasteiger partial charge is 0.315 e. The number of amides is 3. The van der Waals surface area contributed by atoms with Crippen molar-refractivity contribution in [3.63, 3.8) is 0 Å². The van der Waals surface area contributed by atoms with Crippen LogP contribution in [0.4, 0.5) is 4.79 Å². The van der Waals surface area contributed by atoms with Gasteiger partial charge in [-0.25, -0.2) is 4.79 Å². The molecule has 3 N–H and O–H groups in total. The maximum absolute atomic E-state index is 11.3. The molecule has 7 nitrogen and oxygen atoms in total. The van der Waals surface area contributed by atoms with Crippen LogP contribution in [0.2, 0.25) is 0 Å². The molecule has 20 heavy (non-hydrogen) atoms. The second-order valence-corrected chi connectivity index (χ2v) is 7.66. The van der Waals surface area contributed by atoms with Crippen LogP contribution in [0.15, 0.2) is 0 Å². The normalized spacial score (nSPS) is 19.4. The number of rotatable bonds is 8. The molecule has 1 saturated heterocycles.